The molecular formula is C23H22Cl3N5O2S. The molecule has 0 spiro atoms. The quantitative estimate of drug-likeness (QED) is 0.259. The van der Waals surface area contributed by atoms with Crippen LogP contribution >= 0.6 is 46.6 Å². The number of hydrogen-bond donors (Lipinski definition) is 2. The monoisotopic (exact) mass is 537 g/mol. The SMILES string of the molecule is C=CCn1c(SCC(=O)Nc2c(Cl)cc(Cl)cc2Cl)nnc1[C@@H](C)NC(=O)c1ccccc1C. The van der Waals surface area contributed by atoms with Crippen LogP contribution < -0.4 is 10.6 Å². The average Bonchev–Trinajstić information content (AvgIpc) is 3.18. The van der Waals surface area contributed by atoms with Crippen LogP contribution in [0.5, 0.6) is 0 Å². The van der Waals surface area contributed by atoms with Crippen molar-refractivity contribution in [1.29, 1.82) is 0 Å². The number of benzene rings is 2. The molecule has 34 heavy (non-hydrogen) atoms. The summed E-state index contributed by atoms with van der Waals surface area (Å²) in [5.41, 5.74) is 1.76. The summed E-state index contributed by atoms with van der Waals surface area (Å²) in [6, 6.07) is 9.92. The molecule has 0 fully saturated rings. The second-order valence-electron chi connectivity index (χ2n) is 7.33. The van der Waals surface area contributed by atoms with Gasteiger partial charge in [0.25, 0.3) is 5.91 Å². The van der Waals surface area contributed by atoms with Crippen molar-refractivity contribution < 1.29 is 9.59 Å². The van der Waals surface area contributed by atoms with Crippen molar-refractivity contribution in [1.82, 2.24) is 20.1 Å². The molecule has 7 nitrogen and oxygen atoms in total. The Morgan fingerprint density at radius 2 is 1.85 bits per heavy atom. The minimum atomic E-state index is -0.422. The number of amides is 2. The minimum absolute atomic E-state index is 0.0362. The fourth-order valence-corrected chi connectivity index (χ4v) is 4.83. The molecule has 0 unspecified atom stereocenters. The number of halogens is 3. The van der Waals surface area contributed by atoms with Gasteiger partial charge in [-0.2, -0.15) is 0 Å². The van der Waals surface area contributed by atoms with E-state index in [2.05, 4.69) is 27.4 Å². The number of carbonyl (C=O) groups is 2. The molecule has 0 saturated carbocycles. The lowest BCUT2D eigenvalue weighted by molar-refractivity contribution is -0.113. The van der Waals surface area contributed by atoms with Crippen LogP contribution in [0.1, 0.15) is 34.7 Å². The molecule has 0 aliphatic heterocycles. The zero-order valence-corrected chi connectivity index (χ0v) is 21.5. The molecule has 3 rings (SSSR count). The number of aryl methyl sites for hydroxylation is 1. The van der Waals surface area contributed by atoms with Gasteiger partial charge in [-0.3, -0.25) is 9.59 Å². The number of rotatable bonds is 9. The van der Waals surface area contributed by atoms with Gasteiger partial charge in [-0.05, 0) is 37.6 Å². The number of nitrogens with zero attached hydrogens (tertiary/aromatic N) is 3. The van der Waals surface area contributed by atoms with Crippen LogP contribution in [0.15, 0.2) is 54.2 Å². The van der Waals surface area contributed by atoms with E-state index in [1.807, 2.05) is 32.0 Å². The maximum Gasteiger partial charge on any atom is 0.252 e. The van der Waals surface area contributed by atoms with E-state index in [1.54, 1.807) is 16.7 Å². The van der Waals surface area contributed by atoms with Crippen molar-refractivity contribution in [3.05, 3.63) is 81.1 Å². The number of aromatic nitrogens is 3. The second-order valence-corrected chi connectivity index (χ2v) is 9.52. The lowest BCUT2D eigenvalue weighted by atomic mass is 10.1. The molecule has 0 aliphatic carbocycles. The van der Waals surface area contributed by atoms with Gasteiger partial charge in [0, 0.05) is 17.1 Å². The van der Waals surface area contributed by atoms with E-state index in [0.717, 1.165) is 5.56 Å². The maximum atomic E-state index is 12.7. The van der Waals surface area contributed by atoms with Crippen LogP contribution in [0.3, 0.4) is 0 Å². The second kappa shape index (κ2) is 11.8. The summed E-state index contributed by atoms with van der Waals surface area (Å²) in [5.74, 6) is 0.0541. The van der Waals surface area contributed by atoms with Crippen LogP contribution in [-0.2, 0) is 11.3 Å². The highest BCUT2D eigenvalue weighted by Gasteiger charge is 2.21. The molecule has 2 N–H and O–H groups in total. The first-order valence-electron chi connectivity index (χ1n) is 10.2. The zero-order valence-electron chi connectivity index (χ0n) is 18.4. The molecular weight excluding hydrogens is 517 g/mol. The molecule has 0 bridgehead atoms. The number of nitrogens with one attached hydrogen (secondary N) is 2. The van der Waals surface area contributed by atoms with Crippen LogP contribution in [-0.4, -0.2) is 32.3 Å². The molecule has 0 aliphatic rings. The number of anilines is 1. The van der Waals surface area contributed by atoms with Crippen molar-refractivity contribution in [3.8, 4) is 0 Å². The lowest BCUT2D eigenvalue weighted by Crippen LogP contribution is -2.29. The van der Waals surface area contributed by atoms with E-state index in [4.69, 9.17) is 34.8 Å². The topological polar surface area (TPSA) is 88.9 Å². The predicted octanol–water partition coefficient (Wildman–Crippen LogP) is 5.95. The standard InChI is InChI=1S/C23H22Cl3N5O2S/c1-4-9-31-21(14(3)27-22(33)16-8-6-5-7-13(16)2)29-30-23(31)34-12-19(32)28-20-17(25)10-15(24)11-18(20)26/h4-8,10-11,14H,1,9,12H2,2-3H3,(H,27,33)(H,28,32)/t14-/m1/s1. The van der Waals surface area contributed by atoms with Crippen LogP contribution in [0, 0.1) is 6.92 Å². The van der Waals surface area contributed by atoms with E-state index in [9.17, 15) is 9.59 Å². The number of carbonyl (C=O) groups excluding carboxylic acids is 2. The Labute approximate surface area is 216 Å². The molecule has 0 saturated heterocycles. The Kier molecular flexibility index (Phi) is 9.02. The average molecular weight is 539 g/mol. The van der Waals surface area contributed by atoms with E-state index in [0.29, 0.717) is 33.8 Å². The molecule has 2 amide bonds. The first kappa shape index (κ1) is 26.1. The highest BCUT2D eigenvalue weighted by Crippen LogP contribution is 2.34. The van der Waals surface area contributed by atoms with Crippen molar-refractivity contribution in [2.75, 3.05) is 11.1 Å². The van der Waals surface area contributed by atoms with Gasteiger partial charge in [0.15, 0.2) is 11.0 Å². The third kappa shape index (κ3) is 6.33. The van der Waals surface area contributed by atoms with Gasteiger partial charge in [-0.25, -0.2) is 0 Å². The summed E-state index contributed by atoms with van der Waals surface area (Å²) in [4.78, 5) is 25.2. The fourth-order valence-electron chi connectivity index (χ4n) is 3.16. The molecule has 2 aromatic carbocycles. The normalized spacial score (nSPS) is 11.7. The predicted molar refractivity (Wildman–Crippen MR) is 138 cm³/mol. The van der Waals surface area contributed by atoms with Gasteiger partial charge in [0.2, 0.25) is 5.91 Å². The molecule has 178 valence electrons. The maximum absolute atomic E-state index is 12.7. The van der Waals surface area contributed by atoms with E-state index in [-0.39, 0.29) is 27.6 Å². The van der Waals surface area contributed by atoms with Crippen LogP contribution in [0.25, 0.3) is 0 Å². The molecule has 1 atom stereocenters. The summed E-state index contributed by atoms with van der Waals surface area (Å²) < 4.78 is 1.80. The lowest BCUT2D eigenvalue weighted by Gasteiger charge is -2.16. The Bertz CT molecular complexity index is 1210. The van der Waals surface area contributed by atoms with Crippen molar-refractivity contribution in [2.45, 2.75) is 31.6 Å². The first-order chi connectivity index (χ1) is 16.2. The third-order valence-corrected chi connectivity index (χ3v) is 6.57. The van der Waals surface area contributed by atoms with E-state index in [1.165, 1.54) is 23.9 Å². The number of hydrogen-bond acceptors (Lipinski definition) is 5. The Hall–Kier alpha value is -2.52. The fraction of sp³-hybridized carbons (Fsp3) is 0.217. The van der Waals surface area contributed by atoms with Gasteiger partial charge in [0.05, 0.1) is 27.5 Å². The highest BCUT2D eigenvalue weighted by atomic mass is 35.5. The Morgan fingerprint density at radius 1 is 1.18 bits per heavy atom. The summed E-state index contributed by atoms with van der Waals surface area (Å²) >= 11 is 19.4. The smallest absolute Gasteiger partial charge is 0.252 e. The summed E-state index contributed by atoms with van der Waals surface area (Å²) in [6.07, 6.45) is 1.69. The van der Waals surface area contributed by atoms with Crippen LogP contribution in [0.4, 0.5) is 5.69 Å². The first-order valence-corrected chi connectivity index (χ1v) is 12.3. The van der Waals surface area contributed by atoms with Gasteiger partial charge < -0.3 is 15.2 Å². The molecule has 1 aromatic heterocycles. The largest absolute Gasteiger partial charge is 0.342 e. The Balaban J connectivity index is 1.70. The zero-order chi connectivity index (χ0) is 24.8. The summed E-state index contributed by atoms with van der Waals surface area (Å²) in [5, 5.41) is 15.5. The summed E-state index contributed by atoms with van der Waals surface area (Å²) in [7, 11) is 0. The molecule has 3 aromatic rings. The Morgan fingerprint density at radius 3 is 2.50 bits per heavy atom. The minimum Gasteiger partial charge on any atom is -0.342 e. The van der Waals surface area contributed by atoms with E-state index < -0.39 is 6.04 Å². The van der Waals surface area contributed by atoms with Gasteiger partial charge in [0.1, 0.15) is 0 Å². The molecule has 11 heteroatoms. The number of allylic oxidation sites excluding steroid dienone is 1. The van der Waals surface area contributed by atoms with Gasteiger partial charge >= 0.3 is 0 Å². The highest BCUT2D eigenvalue weighted by molar-refractivity contribution is 7.99. The van der Waals surface area contributed by atoms with Gasteiger partial charge in [-0.1, -0.05) is 70.8 Å². The molecule has 1 heterocycles. The van der Waals surface area contributed by atoms with Gasteiger partial charge in [-0.15, -0.1) is 16.8 Å². The molecule has 0 radical (unpaired) electrons. The van der Waals surface area contributed by atoms with Crippen LogP contribution in [0.2, 0.25) is 15.1 Å². The third-order valence-electron chi connectivity index (χ3n) is 4.79. The van der Waals surface area contributed by atoms with Crippen molar-refractivity contribution in [3.63, 3.8) is 0 Å². The summed E-state index contributed by atoms with van der Waals surface area (Å²) in [6.45, 7) is 7.89. The van der Waals surface area contributed by atoms with Crippen molar-refractivity contribution >= 4 is 64.1 Å². The van der Waals surface area contributed by atoms with E-state index >= 15 is 0 Å². The van der Waals surface area contributed by atoms with Crippen molar-refractivity contribution in [2.24, 2.45) is 0 Å². The number of thioether (sulfide) groups is 1.